The van der Waals surface area contributed by atoms with Crippen LogP contribution in [-0.4, -0.2) is 57.3 Å². The molecule has 1 fully saturated rings. The van der Waals surface area contributed by atoms with Gasteiger partial charge in [0.2, 0.25) is 0 Å². The summed E-state index contributed by atoms with van der Waals surface area (Å²) < 4.78 is 28.7. The molecule has 1 aliphatic heterocycles. The first-order chi connectivity index (χ1) is 16.4. The average molecular weight is 460 g/mol. The molecule has 0 saturated carbocycles. The number of nitrogens with zero attached hydrogens (tertiary/aromatic N) is 3. The third kappa shape index (κ3) is 3.91. The lowest BCUT2D eigenvalue weighted by Gasteiger charge is -2.40. The number of aromatic amines is 1. The molecular formula is C26H22F2N4O2. The fourth-order valence-electron chi connectivity index (χ4n) is 4.43. The fourth-order valence-corrected chi connectivity index (χ4v) is 4.43. The number of hydrogen-bond donors (Lipinski definition) is 1. The molecule has 34 heavy (non-hydrogen) atoms. The smallest absolute Gasteiger partial charge is 0.254 e. The monoisotopic (exact) mass is 460 g/mol. The third-order valence-electron chi connectivity index (χ3n) is 6.26. The molecule has 4 aromatic rings. The van der Waals surface area contributed by atoms with Crippen LogP contribution in [0.15, 0.2) is 67.1 Å². The summed E-state index contributed by atoms with van der Waals surface area (Å²) in [7, 11) is 0. The number of fused-ring (bicyclic) bond motifs is 1. The normalized spacial score (nSPS) is 16.1. The maximum atomic E-state index is 14.7. The quantitative estimate of drug-likeness (QED) is 0.490. The molecule has 0 aliphatic carbocycles. The van der Waals surface area contributed by atoms with Crippen LogP contribution in [0.5, 0.6) is 0 Å². The van der Waals surface area contributed by atoms with Crippen LogP contribution >= 0.6 is 0 Å². The molecule has 6 nitrogen and oxygen atoms in total. The summed E-state index contributed by atoms with van der Waals surface area (Å²) in [6, 6.07) is 12.7. The Morgan fingerprint density at radius 1 is 0.941 bits per heavy atom. The summed E-state index contributed by atoms with van der Waals surface area (Å²) in [5.41, 5.74) is 1.82. The Kier molecular flexibility index (Phi) is 5.57. The average Bonchev–Trinajstić information content (AvgIpc) is 3.31. The lowest BCUT2D eigenvalue weighted by atomic mass is 10.0. The van der Waals surface area contributed by atoms with Gasteiger partial charge in [0.25, 0.3) is 11.8 Å². The van der Waals surface area contributed by atoms with E-state index in [4.69, 9.17) is 0 Å². The molecular weight excluding hydrogens is 438 g/mol. The van der Waals surface area contributed by atoms with Crippen molar-refractivity contribution in [1.29, 1.82) is 0 Å². The number of amides is 2. The topological polar surface area (TPSA) is 69.3 Å². The Morgan fingerprint density at radius 3 is 2.47 bits per heavy atom. The molecule has 1 N–H and O–H groups in total. The Balaban J connectivity index is 1.30. The Hall–Kier alpha value is -4.07. The first kappa shape index (κ1) is 21.8. The Morgan fingerprint density at radius 2 is 1.71 bits per heavy atom. The number of halogens is 2. The minimum Gasteiger partial charge on any atom is -0.361 e. The maximum Gasteiger partial charge on any atom is 0.254 e. The molecule has 0 radical (unpaired) electrons. The van der Waals surface area contributed by atoms with E-state index in [-0.39, 0.29) is 34.5 Å². The SMILES string of the molecule is C[C@H]1CN(C(=O)c2ccc(-c3ccncc3F)c(F)c2)CCN1C(=O)c1ccc2cc[nH]c2c1. The van der Waals surface area contributed by atoms with Crippen molar-refractivity contribution >= 4 is 22.7 Å². The molecule has 8 heteroatoms. The second kappa shape index (κ2) is 8.70. The molecule has 0 unspecified atom stereocenters. The van der Waals surface area contributed by atoms with E-state index in [1.807, 2.05) is 31.3 Å². The van der Waals surface area contributed by atoms with Gasteiger partial charge in [-0.2, -0.15) is 0 Å². The molecule has 5 rings (SSSR count). The summed E-state index contributed by atoms with van der Waals surface area (Å²) in [6.45, 7) is 2.93. The molecule has 1 aliphatic rings. The van der Waals surface area contributed by atoms with E-state index in [9.17, 15) is 18.4 Å². The van der Waals surface area contributed by atoms with Crippen molar-refractivity contribution in [3.8, 4) is 11.1 Å². The Labute approximate surface area is 194 Å². The zero-order valence-corrected chi connectivity index (χ0v) is 18.5. The molecule has 2 aromatic carbocycles. The molecule has 0 bridgehead atoms. The lowest BCUT2D eigenvalue weighted by molar-refractivity contribution is 0.0414. The zero-order chi connectivity index (χ0) is 23.8. The van der Waals surface area contributed by atoms with Crippen molar-refractivity contribution < 1.29 is 18.4 Å². The summed E-state index contributed by atoms with van der Waals surface area (Å²) >= 11 is 0. The zero-order valence-electron chi connectivity index (χ0n) is 18.5. The van der Waals surface area contributed by atoms with E-state index in [0.29, 0.717) is 25.2 Å². The second-order valence-corrected chi connectivity index (χ2v) is 8.43. The van der Waals surface area contributed by atoms with E-state index in [1.54, 1.807) is 15.9 Å². The highest BCUT2D eigenvalue weighted by atomic mass is 19.1. The number of pyridine rings is 1. The van der Waals surface area contributed by atoms with E-state index in [0.717, 1.165) is 23.2 Å². The third-order valence-corrected chi connectivity index (χ3v) is 6.26. The molecule has 2 amide bonds. The van der Waals surface area contributed by atoms with Crippen molar-refractivity contribution in [2.45, 2.75) is 13.0 Å². The number of rotatable bonds is 3. The van der Waals surface area contributed by atoms with Crippen LogP contribution in [0, 0.1) is 11.6 Å². The van der Waals surface area contributed by atoms with Gasteiger partial charge in [0.05, 0.1) is 6.20 Å². The van der Waals surface area contributed by atoms with Crippen LogP contribution in [0.1, 0.15) is 27.6 Å². The second-order valence-electron chi connectivity index (χ2n) is 8.43. The van der Waals surface area contributed by atoms with Crippen LogP contribution in [0.25, 0.3) is 22.0 Å². The first-order valence-corrected chi connectivity index (χ1v) is 11.0. The van der Waals surface area contributed by atoms with Crippen LogP contribution in [-0.2, 0) is 0 Å². The number of piperazine rings is 1. The number of benzene rings is 2. The minimum atomic E-state index is -0.683. The number of aromatic nitrogens is 2. The highest BCUT2D eigenvalue weighted by molar-refractivity contribution is 5.99. The number of nitrogens with one attached hydrogen (secondary N) is 1. The minimum absolute atomic E-state index is 0.0688. The fraction of sp³-hybridized carbons (Fsp3) is 0.192. The molecule has 2 aromatic heterocycles. The molecule has 172 valence electrons. The van der Waals surface area contributed by atoms with Gasteiger partial charge in [0.1, 0.15) is 11.6 Å². The van der Waals surface area contributed by atoms with E-state index >= 15 is 0 Å². The van der Waals surface area contributed by atoms with Crippen molar-refractivity contribution in [1.82, 2.24) is 19.8 Å². The van der Waals surface area contributed by atoms with Gasteiger partial charge in [-0.05, 0) is 48.7 Å². The van der Waals surface area contributed by atoms with Gasteiger partial charge >= 0.3 is 0 Å². The van der Waals surface area contributed by atoms with E-state index in [1.165, 1.54) is 24.4 Å². The van der Waals surface area contributed by atoms with E-state index in [2.05, 4.69) is 9.97 Å². The van der Waals surface area contributed by atoms with Gasteiger partial charge in [-0.25, -0.2) is 8.78 Å². The van der Waals surface area contributed by atoms with Crippen LogP contribution in [0.3, 0.4) is 0 Å². The van der Waals surface area contributed by atoms with Gasteiger partial charge in [-0.15, -0.1) is 0 Å². The highest BCUT2D eigenvalue weighted by Gasteiger charge is 2.31. The summed E-state index contributed by atoms with van der Waals surface area (Å²) in [5.74, 6) is -1.73. The van der Waals surface area contributed by atoms with Crippen molar-refractivity contribution in [2.24, 2.45) is 0 Å². The van der Waals surface area contributed by atoms with Gasteiger partial charge in [0.15, 0.2) is 0 Å². The largest absolute Gasteiger partial charge is 0.361 e. The van der Waals surface area contributed by atoms with Crippen molar-refractivity contribution in [2.75, 3.05) is 19.6 Å². The predicted octanol–water partition coefficient (Wildman–Crippen LogP) is 4.49. The maximum absolute atomic E-state index is 14.7. The highest BCUT2D eigenvalue weighted by Crippen LogP contribution is 2.26. The first-order valence-electron chi connectivity index (χ1n) is 11.0. The van der Waals surface area contributed by atoms with Crippen molar-refractivity contribution in [3.63, 3.8) is 0 Å². The van der Waals surface area contributed by atoms with Gasteiger partial charge in [-0.3, -0.25) is 14.6 Å². The molecule has 0 spiro atoms. The van der Waals surface area contributed by atoms with Gasteiger partial charge in [-0.1, -0.05) is 12.1 Å². The number of H-pyrrole nitrogens is 1. The molecule has 1 saturated heterocycles. The predicted molar refractivity (Wildman–Crippen MR) is 124 cm³/mol. The van der Waals surface area contributed by atoms with Crippen LogP contribution < -0.4 is 0 Å². The Bertz CT molecular complexity index is 1400. The summed E-state index contributed by atoms with van der Waals surface area (Å²) in [4.78, 5) is 36.3. The standard InChI is InChI=1S/C26H22F2N4O2/c1-16-15-31(10-11-32(16)26(34)19-3-2-17-6-9-30-24(17)13-19)25(33)18-4-5-20(22(27)12-18)21-7-8-29-14-23(21)28/h2-9,12-14,16,30H,10-11,15H2,1H3/t16-/m0/s1. The number of carbonyl (C=O) groups is 2. The summed E-state index contributed by atoms with van der Waals surface area (Å²) in [6.07, 6.45) is 4.23. The number of carbonyl (C=O) groups excluding carboxylic acids is 2. The lowest BCUT2D eigenvalue weighted by Crippen LogP contribution is -2.55. The number of hydrogen-bond acceptors (Lipinski definition) is 3. The van der Waals surface area contributed by atoms with Crippen molar-refractivity contribution in [3.05, 3.63) is 89.9 Å². The van der Waals surface area contributed by atoms with Gasteiger partial charge in [0, 0.05) is 65.8 Å². The summed E-state index contributed by atoms with van der Waals surface area (Å²) in [5, 5.41) is 1.03. The van der Waals surface area contributed by atoms with Crippen LogP contribution in [0.2, 0.25) is 0 Å². The van der Waals surface area contributed by atoms with E-state index < -0.39 is 11.6 Å². The molecule has 1 atom stereocenters. The van der Waals surface area contributed by atoms with Crippen LogP contribution in [0.4, 0.5) is 8.78 Å². The van der Waals surface area contributed by atoms with Gasteiger partial charge < -0.3 is 14.8 Å². The molecule has 3 heterocycles.